The van der Waals surface area contributed by atoms with E-state index in [1.165, 1.54) is 13.2 Å². The first kappa shape index (κ1) is 24.5. The number of hydrogen-bond acceptors (Lipinski definition) is 4. The van der Waals surface area contributed by atoms with Gasteiger partial charge in [0.15, 0.2) is 11.5 Å². The van der Waals surface area contributed by atoms with Crippen molar-refractivity contribution < 1.29 is 14.3 Å². The molecule has 1 N–H and O–H groups in total. The number of carbonyl (C=O) groups excluding carboxylic acids is 1. The predicted molar refractivity (Wildman–Crippen MR) is 132 cm³/mol. The van der Waals surface area contributed by atoms with Gasteiger partial charge in [-0.2, -0.15) is 5.26 Å². The normalized spacial score (nSPS) is 11.0. The summed E-state index contributed by atoms with van der Waals surface area (Å²) in [7, 11) is 1.47. The Balaban J connectivity index is 1.83. The lowest BCUT2D eigenvalue weighted by Crippen LogP contribution is -2.13. The van der Waals surface area contributed by atoms with E-state index < -0.39 is 5.91 Å². The van der Waals surface area contributed by atoms with Crippen molar-refractivity contribution in [3.63, 3.8) is 0 Å². The molecular weight excluding hydrogens is 483 g/mol. The molecule has 0 aliphatic carbocycles. The molecule has 3 aromatic carbocycles. The molecule has 0 aromatic heterocycles. The van der Waals surface area contributed by atoms with E-state index in [2.05, 4.69) is 5.32 Å². The van der Waals surface area contributed by atoms with Crippen LogP contribution in [0.1, 0.15) is 16.7 Å². The Morgan fingerprint density at radius 3 is 2.48 bits per heavy atom. The van der Waals surface area contributed by atoms with Crippen LogP contribution in [0.5, 0.6) is 11.5 Å². The van der Waals surface area contributed by atoms with Crippen molar-refractivity contribution in [3.05, 3.63) is 91.9 Å². The van der Waals surface area contributed by atoms with Crippen LogP contribution in [0.4, 0.5) is 5.69 Å². The van der Waals surface area contributed by atoms with Gasteiger partial charge in [0.2, 0.25) is 0 Å². The molecule has 3 rings (SSSR count). The quantitative estimate of drug-likeness (QED) is 0.277. The highest BCUT2D eigenvalue weighted by molar-refractivity contribution is 6.33. The smallest absolute Gasteiger partial charge is 0.266 e. The number of nitriles is 1. The highest BCUT2D eigenvalue weighted by atomic mass is 35.5. The molecule has 8 heteroatoms. The average molecular weight is 502 g/mol. The maximum Gasteiger partial charge on any atom is 0.266 e. The lowest BCUT2D eigenvalue weighted by atomic mass is 10.1. The molecule has 168 valence electrons. The van der Waals surface area contributed by atoms with Gasteiger partial charge in [-0.3, -0.25) is 4.79 Å². The van der Waals surface area contributed by atoms with E-state index >= 15 is 0 Å². The number of nitrogens with one attached hydrogen (secondary N) is 1. The zero-order chi connectivity index (χ0) is 24.0. The standard InChI is InChI=1S/C25H19Cl3N2O3/c1-15-7-8-19(12-21(15)27)30-25(31)18(13-29)9-16-10-22(28)24(23(11-16)32-2)33-14-17-5-3-4-6-20(17)26/h3-12H,14H2,1-2H3,(H,30,31)/b18-9-. The van der Waals surface area contributed by atoms with Gasteiger partial charge in [-0.05, 0) is 54.5 Å². The van der Waals surface area contributed by atoms with Crippen molar-refractivity contribution in [2.75, 3.05) is 12.4 Å². The van der Waals surface area contributed by atoms with Crippen LogP contribution in [0.15, 0.2) is 60.2 Å². The maximum atomic E-state index is 12.6. The summed E-state index contributed by atoms with van der Waals surface area (Å²) in [4.78, 5) is 12.6. The molecule has 3 aromatic rings. The van der Waals surface area contributed by atoms with E-state index in [-0.39, 0.29) is 17.2 Å². The van der Waals surface area contributed by atoms with Crippen molar-refractivity contribution in [2.45, 2.75) is 13.5 Å². The predicted octanol–water partition coefficient (Wildman–Crippen LogP) is 7.09. The van der Waals surface area contributed by atoms with Gasteiger partial charge in [-0.1, -0.05) is 59.1 Å². The average Bonchev–Trinajstić information content (AvgIpc) is 2.79. The minimum absolute atomic E-state index is 0.116. The van der Waals surface area contributed by atoms with Crippen LogP contribution >= 0.6 is 34.8 Å². The monoisotopic (exact) mass is 500 g/mol. The highest BCUT2D eigenvalue weighted by Gasteiger charge is 2.15. The van der Waals surface area contributed by atoms with Gasteiger partial charge in [0.25, 0.3) is 5.91 Å². The number of hydrogen-bond donors (Lipinski definition) is 1. The summed E-state index contributed by atoms with van der Waals surface area (Å²) in [6.45, 7) is 2.05. The van der Waals surface area contributed by atoms with Gasteiger partial charge in [-0.25, -0.2) is 0 Å². The molecular formula is C25H19Cl3N2O3. The van der Waals surface area contributed by atoms with Crippen molar-refractivity contribution in [1.29, 1.82) is 5.26 Å². The summed E-state index contributed by atoms with van der Waals surface area (Å²) in [5.74, 6) is 0.101. The SMILES string of the molecule is COc1cc(/C=C(/C#N)C(=O)Nc2ccc(C)c(Cl)c2)cc(Cl)c1OCc1ccccc1Cl. The number of amides is 1. The zero-order valence-corrected chi connectivity index (χ0v) is 20.1. The molecule has 0 spiro atoms. The van der Waals surface area contributed by atoms with Gasteiger partial charge in [0.05, 0.1) is 12.1 Å². The second kappa shape index (κ2) is 11.1. The molecule has 0 saturated carbocycles. The van der Waals surface area contributed by atoms with E-state index in [9.17, 15) is 10.1 Å². The van der Waals surface area contributed by atoms with Gasteiger partial charge >= 0.3 is 0 Å². The summed E-state index contributed by atoms with van der Waals surface area (Å²) in [6.07, 6.45) is 1.41. The molecule has 1 amide bonds. The number of aryl methyl sites for hydroxylation is 1. The lowest BCUT2D eigenvalue weighted by molar-refractivity contribution is -0.112. The lowest BCUT2D eigenvalue weighted by Gasteiger charge is -2.14. The van der Waals surface area contributed by atoms with Crippen LogP contribution in [-0.2, 0) is 11.4 Å². The fraction of sp³-hybridized carbons (Fsp3) is 0.120. The Morgan fingerprint density at radius 1 is 1.06 bits per heavy atom. The fourth-order valence-corrected chi connectivity index (χ4v) is 3.56. The third kappa shape index (κ3) is 6.21. The van der Waals surface area contributed by atoms with E-state index in [1.54, 1.807) is 36.4 Å². The Labute approximate surface area is 207 Å². The minimum Gasteiger partial charge on any atom is -0.493 e. The number of nitrogens with zero attached hydrogens (tertiary/aromatic N) is 1. The van der Waals surface area contributed by atoms with Crippen LogP contribution in [0.2, 0.25) is 15.1 Å². The number of anilines is 1. The van der Waals surface area contributed by atoms with Gasteiger partial charge < -0.3 is 14.8 Å². The van der Waals surface area contributed by atoms with Crippen LogP contribution in [0, 0.1) is 18.3 Å². The second-order valence-electron chi connectivity index (χ2n) is 7.00. The Morgan fingerprint density at radius 2 is 1.82 bits per heavy atom. The van der Waals surface area contributed by atoms with Crippen LogP contribution in [0.25, 0.3) is 6.08 Å². The molecule has 0 heterocycles. The summed E-state index contributed by atoms with van der Waals surface area (Å²) >= 11 is 18.7. The number of halogens is 3. The number of ether oxygens (including phenoxy) is 2. The third-order valence-electron chi connectivity index (χ3n) is 4.69. The van der Waals surface area contributed by atoms with E-state index in [1.807, 2.05) is 31.2 Å². The van der Waals surface area contributed by atoms with E-state index in [0.29, 0.717) is 32.8 Å². The van der Waals surface area contributed by atoms with Crippen LogP contribution < -0.4 is 14.8 Å². The van der Waals surface area contributed by atoms with Crippen molar-refractivity contribution in [2.24, 2.45) is 0 Å². The van der Waals surface area contributed by atoms with Gasteiger partial charge in [0.1, 0.15) is 18.2 Å². The van der Waals surface area contributed by atoms with Crippen molar-refractivity contribution >= 4 is 52.5 Å². The zero-order valence-electron chi connectivity index (χ0n) is 17.8. The van der Waals surface area contributed by atoms with E-state index in [4.69, 9.17) is 44.3 Å². The second-order valence-corrected chi connectivity index (χ2v) is 8.22. The first-order chi connectivity index (χ1) is 15.8. The van der Waals surface area contributed by atoms with Crippen molar-refractivity contribution in [3.8, 4) is 17.6 Å². The van der Waals surface area contributed by atoms with Gasteiger partial charge in [-0.15, -0.1) is 0 Å². The first-order valence-corrected chi connectivity index (χ1v) is 10.9. The molecule has 0 aliphatic heterocycles. The molecule has 0 atom stereocenters. The molecule has 0 fully saturated rings. The molecule has 0 unspecified atom stereocenters. The molecule has 0 bridgehead atoms. The topological polar surface area (TPSA) is 71.3 Å². The van der Waals surface area contributed by atoms with Gasteiger partial charge in [0, 0.05) is 21.3 Å². The summed E-state index contributed by atoms with van der Waals surface area (Å²) in [6, 6.07) is 17.5. The maximum absolute atomic E-state index is 12.6. The Kier molecular flexibility index (Phi) is 8.24. The number of rotatable bonds is 7. The minimum atomic E-state index is -0.577. The van der Waals surface area contributed by atoms with Crippen molar-refractivity contribution in [1.82, 2.24) is 0 Å². The Hall–Kier alpha value is -3.17. The fourth-order valence-electron chi connectivity index (χ4n) is 2.91. The summed E-state index contributed by atoms with van der Waals surface area (Å²) in [5.41, 5.74) is 2.53. The highest BCUT2D eigenvalue weighted by Crippen LogP contribution is 2.38. The third-order valence-corrected chi connectivity index (χ3v) is 5.74. The molecule has 5 nitrogen and oxygen atoms in total. The summed E-state index contributed by atoms with van der Waals surface area (Å²) < 4.78 is 11.3. The molecule has 0 aliphatic rings. The molecule has 33 heavy (non-hydrogen) atoms. The van der Waals surface area contributed by atoms with Crippen LogP contribution in [0.3, 0.4) is 0 Å². The van der Waals surface area contributed by atoms with Crippen LogP contribution in [-0.4, -0.2) is 13.0 Å². The van der Waals surface area contributed by atoms with E-state index in [0.717, 1.165) is 11.1 Å². The largest absolute Gasteiger partial charge is 0.493 e. The summed E-state index contributed by atoms with van der Waals surface area (Å²) in [5, 5.41) is 13.5. The number of carbonyl (C=O) groups is 1. The number of methoxy groups -OCH3 is 1. The number of benzene rings is 3. The first-order valence-electron chi connectivity index (χ1n) is 9.75. The molecule has 0 radical (unpaired) electrons. The molecule has 0 saturated heterocycles. The Bertz CT molecular complexity index is 1270.